The van der Waals surface area contributed by atoms with E-state index in [0.29, 0.717) is 31.2 Å². The molecule has 0 atom stereocenters. The van der Waals surface area contributed by atoms with Crippen LogP contribution < -0.4 is 5.32 Å². The van der Waals surface area contributed by atoms with Gasteiger partial charge in [0.15, 0.2) is 0 Å². The molecule has 1 fully saturated rings. The number of aromatic nitrogens is 1. The molecule has 4 rings (SSSR count). The van der Waals surface area contributed by atoms with Crippen LogP contribution in [0.3, 0.4) is 0 Å². The van der Waals surface area contributed by atoms with E-state index in [9.17, 15) is 13.6 Å². The van der Waals surface area contributed by atoms with Gasteiger partial charge in [-0.15, -0.1) is 0 Å². The number of benzene rings is 1. The number of nitrogens with zero attached hydrogens (tertiary/aromatic N) is 1. The molecule has 0 aliphatic heterocycles. The Morgan fingerprint density at radius 1 is 1.11 bits per heavy atom. The summed E-state index contributed by atoms with van der Waals surface area (Å²) < 4.78 is 34.5. The third-order valence-corrected chi connectivity index (χ3v) is 5.11. The number of fused-ring (bicyclic) bond motifs is 1. The number of hydrogen-bond acceptors (Lipinski definition) is 4. The molecule has 1 N–H and O–H groups in total. The zero-order valence-electron chi connectivity index (χ0n) is 15.1. The Bertz CT molecular complexity index is 948. The lowest BCUT2D eigenvalue weighted by Gasteiger charge is -2.28. The molecule has 0 spiro atoms. The van der Waals surface area contributed by atoms with Crippen LogP contribution in [-0.2, 0) is 4.74 Å². The molecule has 0 unspecified atom stereocenters. The molecule has 0 bridgehead atoms. The average molecular weight is 386 g/mol. The highest BCUT2D eigenvalue weighted by atomic mass is 19.3. The largest absolute Gasteiger partial charge is 0.464 e. The van der Waals surface area contributed by atoms with Crippen molar-refractivity contribution >= 4 is 16.9 Å². The number of nitrogens with one attached hydrogen (secondary N) is 1. The summed E-state index contributed by atoms with van der Waals surface area (Å²) in [7, 11) is 0. The second-order valence-corrected chi connectivity index (χ2v) is 6.91. The monoisotopic (exact) mass is 386 g/mol. The lowest BCUT2D eigenvalue weighted by molar-refractivity contribution is -0.170. The van der Waals surface area contributed by atoms with E-state index in [0.717, 1.165) is 22.2 Å². The first kappa shape index (κ1) is 18.6. The zero-order chi connectivity index (χ0) is 19.5. The number of furan rings is 1. The number of hydrogen-bond donors (Lipinski definition) is 1. The van der Waals surface area contributed by atoms with Crippen LogP contribution in [0.4, 0.5) is 8.78 Å². The van der Waals surface area contributed by atoms with Crippen LogP contribution in [0.15, 0.2) is 53.3 Å². The highest BCUT2D eigenvalue weighted by molar-refractivity contribution is 5.96. The van der Waals surface area contributed by atoms with Crippen molar-refractivity contribution in [1.29, 1.82) is 0 Å². The standard InChI is InChI=1S/C21H20F2N2O3/c22-21(23)28-16-7-5-15(6-8-16)25-20(26)14-3-1-13(2-4-14)19-17-10-12-27-18(17)9-11-24-19/h1-4,9-12,15-16,21H,5-8H2,(H,25,26)/t15-,16-. The lowest BCUT2D eigenvalue weighted by Crippen LogP contribution is -2.39. The van der Waals surface area contributed by atoms with Crippen molar-refractivity contribution in [3.8, 4) is 11.3 Å². The van der Waals surface area contributed by atoms with Gasteiger partial charge in [-0.3, -0.25) is 9.78 Å². The number of halogens is 2. The van der Waals surface area contributed by atoms with Crippen molar-refractivity contribution in [1.82, 2.24) is 10.3 Å². The van der Waals surface area contributed by atoms with Gasteiger partial charge in [0.05, 0.1) is 18.1 Å². The topological polar surface area (TPSA) is 64.4 Å². The fourth-order valence-electron chi connectivity index (χ4n) is 3.66. The van der Waals surface area contributed by atoms with E-state index in [1.165, 1.54) is 0 Å². The summed E-state index contributed by atoms with van der Waals surface area (Å²) in [4.78, 5) is 16.9. The Balaban J connectivity index is 1.39. The highest BCUT2D eigenvalue weighted by Crippen LogP contribution is 2.27. The molecule has 5 nitrogen and oxygen atoms in total. The first-order valence-electron chi connectivity index (χ1n) is 9.27. The number of pyridine rings is 1. The fraction of sp³-hybridized carbons (Fsp3) is 0.333. The molecule has 2 heterocycles. The maximum Gasteiger partial charge on any atom is 0.345 e. The molecule has 7 heteroatoms. The molecule has 2 aromatic heterocycles. The van der Waals surface area contributed by atoms with Gasteiger partial charge >= 0.3 is 6.61 Å². The number of amides is 1. The van der Waals surface area contributed by atoms with E-state index in [-0.39, 0.29) is 11.9 Å². The van der Waals surface area contributed by atoms with E-state index < -0.39 is 12.7 Å². The van der Waals surface area contributed by atoms with Crippen LogP contribution >= 0.6 is 0 Å². The molecular formula is C21H20F2N2O3. The summed E-state index contributed by atoms with van der Waals surface area (Å²) in [6, 6.07) is 10.9. The van der Waals surface area contributed by atoms with Gasteiger partial charge in [-0.05, 0) is 49.9 Å². The molecule has 146 valence electrons. The summed E-state index contributed by atoms with van der Waals surface area (Å²) >= 11 is 0. The van der Waals surface area contributed by atoms with Gasteiger partial charge in [0, 0.05) is 28.8 Å². The maximum atomic E-state index is 12.5. The SMILES string of the molecule is O=C(N[C@H]1CC[C@H](OC(F)F)CC1)c1ccc(-c2nccc3occc23)cc1. The summed E-state index contributed by atoms with van der Waals surface area (Å²) in [6.07, 6.45) is 5.20. The molecule has 1 aromatic carbocycles. The number of alkyl halides is 2. The van der Waals surface area contributed by atoms with E-state index in [2.05, 4.69) is 15.0 Å². The molecular weight excluding hydrogens is 366 g/mol. The first-order chi connectivity index (χ1) is 13.6. The van der Waals surface area contributed by atoms with Crippen molar-refractivity contribution in [3.63, 3.8) is 0 Å². The van der Waals surface area contributed by atoms with E-state index >= 15 is 0 Å². The average Bonchev–Trinajstić information content (AvgIpc) is 3.18. The van der Waals surface area contributed by atoms with Crippen molar-refractivity contribution in [2.75, 3.05) is 0 Å². The molecule has 0 saturated heterocycles. The van der Waals surface area contributed by atoms with Crippen LogP contribution in [0.25, 0.3) is 22.2 Å². The van der Waals surface area contributed by atoms with Crippen LogP contribution in [0.1, 0.15) is 36.0 Å². The normalized spacial score (nSPS) is 19.8. The lowest BCUT2D eigenvalue weighted by atomic mass is 9.92. The number of rotatable bonds is 5. The summed E-state index contributed by atoms with van der Waals surface area (Å²) in [5.74, 6) is -0.167. The second-order valence-electron chi connectivity index (χ2n) is 6.91. The van der Waals surface area contributed by atoms with Gasteiger partial charge in [-0.2, -0.15) is 8.78 Å². The molecule has 1 aliphatic rings. The van der Waals surface area contributed by atoms with Gasteiger partial charge in [-0.25, -0.2) is 0 Å². The van der Waals surface area contributed by atoms with Gasteiger partial charge in [-0.1, -0.05) is 12.1 Å². The summed E-state index contributed by atoms with van der Waals surface area (Å²) in [5, 5.41) is 3.90. The van der Waals surface area contributed by atoms with Crippen LogP contribution in [0.5, 0.6) is 0 Å². The Labute approximate surface area is 160 Å². The summed E-state index contributed by atoms with van der Waals surface area (Å²) in [6.45, 7) is -2.74. The maximum absolute atomic E-state index is 12.5. The predicted octanol–water partition coefficient (Wildman–Crippen LogP) is 4.78. The van der Waals surface area contributed by atoms with E-state index in [4.69, 9.17) is 4.42 Å². The molecule has 1 aliphatic carbocycles. The molecule has 1 amide bonds. The van der Waals surface area contributed by atoms with Gasteiger partial charge in [0.2, 0.25) is 0 Å². The Morgan fingerprint density at radius 3 is 2.57 bits per heavy atom. The Morgan fingerprint density at radius 2 is 1.86 bits per heavy atom. The third-order valence-electron chi connectivity index (χ3n) is 5.11. The van der Waals surface area contributed by atoms with Crippen molar-refractivity contribution in [2.24, 2.45) is 0 Å². The van der Waals surface area contributed by atoms with Gasteiger partial charge in [0.1, 0.15) is 5.58 Å². The van der Waals surface area contributed by atoms with E-state index in [1.807, 2.05) is 24.3 Å². The minimum absolute atomic E-state index is 0.0222. The molecule has 28 heavy (non-hydrogen) atoms. The molecule has 0 radical (unpaired) electrons. The smallest absolute Gasteiger partial charge is 0.345 e. The van der Waals surface area contributed by atoms with Crippen molar-refractivity contribution in [2.45, 2.75) is 44.4 Å². The van der Waals surface area contributed by atoms with Crippen molar-refractivity contribution in [3.05, 3.63) is 54.4 Å². The number of carbonyl (C=O) groups excluding carboxylic acids is 1. The van der Waals surface area contributed by atoms with Gasteiger partial charge < -0.3 is 14.5 Å². The van der Waals surface area contributed by atoms with Crippen LogP contribution in [0, 0.1) is 0 Å². The van der Waals surface area contributed by atoms with E-state index in [1.54, 1.807) is 24.6 Å². The minimum Gasteiger partial charge on any atom is -0.464 e. The molecule has 1 saturated carbocycles. The fourth-order valence-corrected chi connectivity index (χ4v) is 3.66. The van der Waals surface area contributed by atoms with Crippen LogP contribution in [0.2, 0.25) is 0 Å². The van der Waals surface area contributed by atoms with Crippen molar-refractivity contribution < 1.29 is 22.7 Å². The minimum atomic E-state index is -2.74. The predicted molar refractivity (Wildman–Crippen MR) is 100 cm³/mol. The van der Waals surface area contributed by atoms with Gasteiger partial charge in [0.25, 0.3) is 5.91 Å². The summed E-state index contributed by atoms with van der Waals surface area (Å²) in [5.41, 5.74) is 3.01. The van der Waals surface area contributed by atoms with Crippen LogP contribution in [-0.4, -0.2) is 29.6 Å². The quantitative estimate of drug-likeness (QED) is 0.686. The Hall–Kier alpha value is -2.80. The molecule has 3 aromatic rings. The first-order valence-corrected chi connectivity index (χ1v) is 9.27. The third kappa shape index (κ3) is 4.04. The second kappa shape index (κ2) is 8.06. The highest BCUT2D eigenvalue weighted by Gasteiger charge is 2.25. The zero-order valence-corrected chi connectivity index (χ0v) is 15.1. The number of carbonyl (C=O) groups is 1. The number of ether oxygens (including phenoxy) is 1. The Kier molecular flexibility index (Phi) is 5.34.